The molecular weight excluding hydrogens is 400 g/mol. The summed E-state index contributed by atoms with van der Waals surface area (Å²) in [7, 11) is 0. The second-order valence-electron chi connectivity index (χ2n) is 10.2. The molecule has 1 heterocycles. The van der Waals surface area contributed by atoms with Crippen molar-refractivity contribution in [3.8, 4) is 11.1 Å². The first kappa shape index (κ1) is 17.0. The minimum Gasteiger partial charge on any atom is -0.0877 e. The van der Waals surface area contributed by atoms with Crippen molar-refractivity contribution < 1.29 is 0 Å². The highest BCUT2D eigenvalue weighted by Crippen LogP contribution is 2.70. The van der Waals surface area contributed by atoms with Crippen molar-refractivity contribution in [3.05, 3.63) is 71.8 Å². The van der Waals surface area contributed by atoms with Gasteiger partial charge in [0.25, 0.3) is 0 Å². The van der Waals surface area contributed by atoms with E-state index < -0.39 is 0 Å². The fourth-order valence-electron chi connectivity index (χ4n) is 8.22. The van der Waals surface area contributed by atoms with Gasteiger partial charge in [-0.05, 0) is 90.7 Å². The van der Waals surface area contributed by atoms with Gasteiger partial charge in [0.1, 0.15) is 0 Å². The smallest absolute Gasteiger partial charge is 0.0344 e. The summed E-state index contributed by atoms with van der Waals surface area (Å²) in [6.45, 7) is 0. The summed E-state index contributed by atoms with van der Waals surface area (Å²) >= 11 is 3.98. The molecule has 30 heavy (non-hydrogen) atoms. The van der Waals surface area contributed by atoms with E-state index in [0.717, 1.165) is 23.7 Å². The molecule has 9 rings (SSSR count). The highest BCUT2D eigenvalue weighted by atomic mass is 32.2. The van der Waals surface area contributed by atoms with Crippen LogP contribution >= 0.6 is 23.5 Å². The van der Waals surface area contributed by atoms with Gasteiger partial charge in [0.15, 0.2) is 0 Å². The van der Waals surface area contributed by atoms with Crippen LogP contribution in [0, 0.1) is 23.7 Å². The van der Waals surface area contributed by atoms with E-state index in [1.54, 1.807) is 22.3 Å². The van der Waals surface area contributed by atoms with E-state index in [1.165, 1.54) is 51.7 Å². The molecule has 5 aliphatic carbocycles. The van der Waals surface area contributed by atoms with E-state index in [9.17, 15) is 0 Å². The maximum atomic E-state index is 2.55. The van der Waals surface area contributed by atoms with Crippen molar-refractivity contribution in [1.29, 1.82) is 0 Å². The van der Waals surface area contributed by atoms with Crippen molar-refractivity contribution in [2.24, 2.45) is 23.7 Å². The fraction of sp³-hybridized carbons (Fsp3) is 0.357. The van der Waals surface area contributed by atoms with E-state index in [1.807, 2.05) is 23.5 Å². The van der Waals surface area contributed by atoms with Gasteiger partial charge >= 0.3 is 0 Å². The third-order valence-electron chi connectivity index (χ3n) is 8.92. The molecule has 4 saturated carbocycles. The average molecular weight is 425 g/mol. The maximum Gasteiger partial charge on any atom is 0.0344 e. The van der Waals surface area contributed by atoms with E-state index >= 15 is 0 Å². The molecule has 0 atom stereocenters. The minimum atomic E-state index is 0.288. The summed E-state index contributed by atoms with van der Waals surface area (Å²) in [4.78, 5) is 5.81. The van der Waals surface area contributed by atoms with Gasteiger partial charge in [-0.15, -0.1) is 0 Å². The zero-order valence-electron chi connectivity index (χ0n) is 16.9. The third kappa shape index (κ3) is 1.95. The summed E-state index contributed by atoms with van der Waals surface area (Å²) in [6, 6.07) is 23.5. The van der Waals surface area contributed by atoms with Gasteiger partial charge < -0.3 is 0 Å². The Morgan fingerprint density at radius 3 is 2.03 bits per heavy atom. The molecule has 6 aliphatic rings. The van der Waals surface area contributed by atoms with Crippen LogP contribution in [0.25, 0.3) is 11.1 Å². The molecule has 2 heteroatoms. The third-order valence-corrected chi connectivity index (χ3v) is 11.5. The first-order valence-electron chi connectivity index (χ1n) is 11.5. The molecule has 1 spiro atoms. The summed E-state index contributed by atoms with van der Waals surface area (Å²) < 4.78 is 0. The molecule has 4 bridgehead atoms. The Bertz CT molecular complexity index is 1200. The molecule has 0 unspecified atom stereocenters. The van der Waals surface area contributed by atoms with Gasteiger partial charge in [0.05, 0.1) is 0 Å². The fourth-order valence-corrected chi connectivity index (χ4v) is 10.6. The van der Waals surface area contributed by atoms with Gasteiger partial charge in [-0.2, -0.15) is 0 Å². The molecule has 1 aliphatic heterocycles. The standard InChI is InChI=1S/C28H24S2/c1-2-6-21-20(5-1)26-22(28(21)18-12-16-11-17(14-18)15-19(28)13-16)9-10-25-27(26)30-24-8-4-3-7-23(24)29-25/h1-10,16-19H,11-15H2. The topological polar surface area (TPSA) is 0 Å². The first-order valence-corrected chi connectivity index (χ1v) is 13.2. The Labute approximate surface area is 186 Å². The van der Waals surface area contributed by atoms with Crippen LogP contribution in [0.2, 0.25) is 0 Å². The van der Waals surface area contributed by atoms with E-state index in [2.05, 4.69) is 60.7 Å². The largest absolute Gasteiger partial charge is 0.0877 e. The Kier molecular flexibility index (Phi) is 3.27. The summed E-state index contributed by atoms with van der Waals surface area (Å²) in [6.07, 6.45) is 7.36. The molecular formula is C28H24S2. The minimum absolute atomic E-state index is 0.288. The molecule has 0 amide bonds. The van der Waals surface area contributed by atoms with Crippen LogP contribution in [0.4, 0.5) is 0 Å². The predicted molar refractivity (Wildman–Crippen MR) is 124 cm³/mol. The number of hydrogen-bond donors (Lipinski definition) is 0. The van der Waals surface area contributed by atoms with E-state index in [-0.39, 0.29) is 5.41 Å². The van der Waals surface area contributed by atoms with Crippen LogP contribution in [0.15, 0.2) is 80.2 Å². The van der Waals surface area contributed by atoms with E-state index in [0.29, 0.717) is 0 Å². The van der Waals surface area contributed by atoms with Gasteiger partial charge in [-0.3, -0.25) is 0 Å². The first-order chi connectivity index (χ1) is 14.8. The van der Waals surface area contributed by atoms with Crippen molar-refractivity contribution in [3.63, 3.8) is 0 Å². The van der Waals surface area contributed by atoms with Gasteiger partial charge in [0, 0.05) is 30.6 Å². The van der Waals surface area contributed by atoms with Crippen LogP contribution < -0.4 is 0 Å². The Hall–Kier alpha value is -1.64. The Morgan fingerprint density at radius 1 is 0.600 bits per heavy atom. The second-order valence-corrected chi connectivity index (χ2v) is 12.3. The molecule has 148 valence electrons. The average Bonchev–Trinajstić information content (AvgIpc) is 3.07. The Balaban J connectivity index is 1.41. The molecule has 0 saturated heterocycles. The molecule has 0 aromatic heterocycles. The van der Waals surface area contributed by atoms with E-state index in [4.69, 9.17) is 0 Å². The lowest BCUT2D eigenvalue weighted by molar-refractivity contribution is -0.0399. The monoisotopic (exact) mass is 424 g/mol. The summed E-state index contributed by atoms with van der Waals surface area (Å²) in [5.41, 5.74) is 6.78. The van der Waals surface area contributed by atoms with Gasteiger partial charge in [0.2, 0.25) is 0 Å². The molecule has 0 nitrogen and oxygen atoms in total. The molecule has 3 aromatic rings. The highest BCUT2D eigenvalue weighted by Gasteiger charge is 2.61. The number of fused-ring (bicyclic) bond motifs is 6. The van der Waals surface area contributed by atoms with Crippen molar-refractivity contribution in [1.82, 2.24) is 0 Å². The summed E-state index contributed by atoms with van der Waals surface area (Å²) in [5, 5.41) is 0. The van der Waals surface area contributed by atoms with Crippen molar-refractivity contribution in [2.45, 2.75) is 57.1 Å². The lowest BCUT2D eigenvalue weighted by atomic mass is 9.43. The molecule has 3 aromatic carbocycles. The van der Waals surface area contributed by atoms with Gasteiger partial charge in [-0.25, -0.2) is 0 Å². The zero-order chi connectivity index (χ0) is 19.4. The molecule has 0 N–H and O–H groups in total. The van der Waals surface area contributed by atoms with Crippen LogP contribution in [0.5, 0.6) is 0 Å². The SMILES string of the molecule is c1ccc2c(c1)Sc1ccc3c(c1S2)-c1ccccc1C31C2CC3CC(C2)CC1C3. The number of rotatable bonds is 0. The van der Waals surface area contributed by atoms with Crippen LogP contribution in [-0.2, 0) is 5.41 Å². The molecule has 4 fully saturated rings. The highest BCUT2D eigenvalue weighted by molar-refractivity contribution is 8.05. The van der Waals surface area contributed by atoms with Crippen LogP contribution in [0.3, 0.4) is 0 Å². The predicted octanol–water partition coefficient (Wildman–Crippen LogP) is 8.03. The normalized spacial score (nSPS) is 33.9. The number of benzene rings is 3. The quantitative estimate of drug-likeness (QED) is 0.280. The number of hydrogen-bond acceptors (Lipinski definition) is 2. The lowest BCUT2D eigenvalue weighted by Gasteiger charge is -2.61. The maximum absolute atomic E-state index is 2.55. The molecule has 0 radical (unpaired) electrons. The zero-order valence-corrected chi connectivity index (χ0v) is 18.6. The van der Waals surface area contributed by atoms with Crippen LogP contribution in [-0.4, -0.2) is 0 Å². The van der Waals surface area contributed by atoms with Crippen molar-refractivity contribution in [2.75, 3.05) is 0 Å². The van der Waals surface area contributed by atoms with Gasteiger partial charge in [-0.1, -0.05) is 66.0 Å². The van der Waals surface area contributed by atoms with Crippen molar-refractivity contribution >= 4 is 23.5 Å². The van der Waals surface area contributed by atoms with Crippen LogP contribution in [0.1, 0.15) is 43.2 Å². The summed E-state index contributed by atoms with van der Waals surface area (Å²) in [5.74, 6) is 3.71. The Morgan fingerprint density at radius 2 is 1.27 bits per heavy atom. The second kappa shape index (κ2) is 5.78. The lowest BCUT2D eigenvalue weighted by Crippen LogP contribution is -2.55.